The third kappa shape index (κ3) is 9.01. The lowest BCUT2D eigenvalue weighted by Gasteiger charge is -2.20. The molecule has 0 radical (unpaired) electrons. The summed E-state index contributed by atoms with van der Waals surface area (Å²) in [6.45, 7) is 5.96. The molecule has 11 heteroatoms. The smallest absolute Gasteiger partial charge is 0.290 e. The van der Waals surface area contributed by atoms with Crippen LogP contribution >= 0.6 is 11.6 Å². The molecule has 238 valence electrons. The van der Waals surface area contributed by atoms with Gasteiger partial charge in [-0.2, -0.15) is 0 Å². The lowest BCUT2D eigenvalue weighted by Crippen LogP contribution is -2.28. The molecule has 2 heterocycles. The highest BCUT2D eigenvalue weighted by molar-refractivity contribution is 6.32. The summed E-state index contributed by atoms with van der Waals surface area (Å²) in [6.07, 6.45) is 1.68. The number of methoxy groups -OCH3 is 1. The second-order valence-corrected chi connectivity index (χ2v) is 10.6. The van der Waals surface area contributed by atoms with E-state index in [-0.39, 0.29) is 19.1 Å². The number of aromatic nitrogens is 1. The van der Waals surface area contributed by atoms with Gasteiger partial charge in [0.2, 0.25) is 5.88 Å². The van der Waals surface area contributed by atoms with E-state index in [4.69, 9.17) is 45.2 Å². The Balaban J connectivity index is 0.00000148. The number of carboxylic acid groups (broad SMARTS) is 1. The summed E-state index contributed by atoms with van der Waals surface area (Å²) in [7, 11) is 1.58. The maximum absolute atomic E-state index is 9.46. The summed E-state index contributed by atoms with van der Waals surface area (Å²) in [5, 5.41) is 20.1. The Morgan fingerprint density at radius 3 is 2.51 bits per heavy atom. The van der Waals surface area contributed by atoms with Crippen molar-refractivity contribution >= 4 is 18.1 Å². The molecule has 0 aliphatic carbocycles. The Kier molecular flexibility index (Phi) is 12.3. The number of hydrogen-bond donors (Lipinski definition) is 3. The standard InChI is InChI=1S/C33H35ClN2O6.CH2O2/c1-21(18-37)36-17-26-14-28(34)31(16-30(26)41-19-23-9-10-35-33(13-23)38-3)42-20-25-5-4-6-27(22(25)2)24-7-8-29-32(15-24)40-12-11-39-29;2-1-3/h4-10,13-16,21,36-37H,11-12,17-20H2,1-3H3;1H,(H,2,3). The minimum Gasteiger partial charge on any atom is -0.488 e. The molecule has 0 spiro atoms. The summed E-state index contributed by atoms with van der Waals surface area (Å²) in [6, 6.07) is 19.5. The minimum absolute atomic E-state index is 0.0204. The fraction of sp³-hybridized carbons (Fsp3) is 0.294. The first kappa shape index (κ1) is 33.4. The molecule has 4 aromatic rings. The number of nitrogens with one attached hydrogen (secondary N) is 1. The van der Waals surface area contributed by atoms with Crippen LogP contribution in [-0.2, 0) is 24.6 Å². The summed E-state index contributed by atoms with van der Waals surface area (Å²) in [5.41, 5.74) is 6.04. The number of pyridine rings is 1. The number of hydrogen-bond acceptors (Lipinski definition) is 9. The van der Waals surface area contributed by atoms with Gasteiger partial charge in [-0.25, -0.2) is 4.98 Å². The summed E-state index contributed by atoms with van der Waals surface area (Å²) >= 11 is 6.70. The second-order valence-electron chi connectivity index (χ2n) is 10.2. The van der Waals surface area contributed by atoms with Gasteiger partial charge < -0.3 is 39.2 Å². The van der Waals surface area contributed by atoms with Gasteiger partial charge in [-0.1, -0.05) is 35.9 Å². The van der Waals surface area contributed by atoms with Crippen molar-refractivity contribution in [3.63, 3.8) is 0 Å². The Bertz CT molecular complexity index is 1580. The Morgan fingerprint density at radius 2 is 1.76 bits per heavy atom. The van der Waals surface area contributed by atoms with Gasteiger partial charge in [0, 0.05) is 36.5 Å². The summed E-state index contributed by atoms with van der Waals surface area (Å²) in [5.74, 6) is 3.19. The van der Waals surface area contributed by atoms with E-state index in [1.54, 1.807) is 13.3 Å². The van der Waals surface area contributed by atoms with E-state index in [9.17, 15) is 5.11 Å². The summed E-state index contributed by atoms with van der Waals surface area (Å²) < 4.78 is 29.2. The van der Waals surface area contributed by atoms with Gasteiger partial charge in [0.1, 0.15) is 37.9 Å². The number of carbonyl (C=O) groups is 1. The Hall–Kier alpha value is -4.51. The average Bonchev–Trinajstić information content (AvgIpc) is 3.06. The SMILES string of the molecule is COc1cc(COc2cc(OCc3cccc(-c4ccc5c(c4)OCCO5)c3C)c(Cl)cc2CNC(C)CO)ccn1.O=CO. The quantitative estimate of drug-likeness (QED) is 0.164. The molecule has 3 N–H and O–H groups in total. The maximum Gasteiger partial charge on any atom is 0.290 e. The highest BCUT2D eigenvalue weighted by Crippen LogP contribution is 2.37. The zero-order valence-corrected chi connectivity index (χ0v) is 26.2. The van der Waals surface area contributed by atoms with Gasteiger partial charge in [0.15, 0.2) is 11.5 Å². The molecule has 1 unspecified atom stereocenters. The lowest BCUT2D eigenvalue weighted by atomic mass is 9.96. The van der Waals surface area contributed by atoms with E-state index in [2.05, 4.69) is 23.3 Å². The van der Waals surface area contributed by atoms with Crippen molar-refractivity contribution in [2.45, 2.75) is 39.6 Å². The first-order valence-electron chi connectivity index (χ1n) is 14.3. The number of rotatable bonds is 12. The Labute approximate surface area is 267 Å². The third-order valence-electron chi connectivity index (χ3n) is 7.11. The number of ether oxygens (including phenoxy) is 5. The fourth-order valence-corrected chi connectivity index (χ4v) is 4.88. The highest BCUT2D eigenvalue weighted by atomic mass is 35.5. The Morgan fingerprint density at radius 1 is 1.00 bits per heavy atom. The van der Waals surface area contributed by atoms with E-state index in [1.165, 1.54) is 0 Å². The molecule has 1 aliphatic heterocycles. The molecule has 0 fully saturated rings. The van der Waals surface area contributed by atoms with Crippen molar-refractivity contribution in [3.05, 3.63) is 94.1 Å². The van der Waals surface area contributed by atoms with E-state index < -0.39 is 0 Å². The van der Waals surface area contributed by atoms with Gasteiger partial charge in [-0.3, -0.25) is 4.79 Å². The lowest BCUT2D eigenvalue weighted by molar-refractivity contribution is -0.122. The number of benzene rings is 3. The molecular weight excluding hydrogens is 600 g/mol. The fourth-order valence-electron chi connectivity index (χ4n) is 4.64. The van der Waals surface area contributed by atoms with Crippen LogP contribution in [0, 0.1) is 6.92 Å². The molecule has 1 aliphatic rings. The molecule has 5 rings (SSSR count). The van der Waals surface area contributed by atoms with Gasteiger partial charge in [0.25, 0.3) is 6.47 Å². The van der Waals surface area contributed by atoms with Crippen molar-refractivity contribution in [2.75, 3.05) is 26.9 Å². The van der Waals surface area contributed by atoms with E-state index in [0.717, 1.165) is 44.9 Å². The first-order valence-corrected chi connectivity index (χ1v) is 14.7. The van der Waals surface area contributed by atoms with Crippen LogP contribution in [-0.4, -0.2) is 54.6 Å². The number of halogens is 1. The van der Waals surface area contributed by atoms with E-state index >= 15 is 0 Å². The van der Waals surface area contributed by atoms with Crippen LogP contribution in [0.25, 0.3) is 11.1 Å². The predicted molar refractivity (Wildman–Crippen MR) is 171 cm³/mol. The number of fused-ring (bicyclic) bond motifs is 1. The van der Waals surface area contributed by atoms with Crippen LogP contribution in [0.15, 0.2) is 66.9 Å². The molecule has 1 atom stereocenters. The van der Waals surface area contributed by atoms with Crippen LogP contribution in [0.1, 0.15) is 29.2 Å². The van der Waals surface area contributed by atoms with E-state index in [1.807, 2.05) is 61.5 Å². The molecule has 45 heavy (non-hydrogen) atoms. The average molecular weight is 637 g/mol. The van der Waals surface area contributed by atoms with Crippen LogP contribution in [0.3, 0.4) is 0 Å². The highest BCUT2D eigenvalue weighted by Gasteiger charge is 2.16. The maximum atomic E-state index is 9.46. The zero-order chi connectivity index (χ0) is 32.2. The predicted octanol–water partition coefficient (Wildman–Crippen LogP) is 5.82. The number of aliphatic hydroxyl groups excluding tert-OH is 1. The first-order chi connectivity index (χ1) is 21.9. The summed E-state index contributed by atoms with van der Waals surface area (Å²) in [4.78, 5) is 12.5. The molecule has 0 saturated carbocycles. The van der Waals surface area contributed by atoms with Gasteiger partial charge in [0.05, 0.1) is 18.7 Å². The molecule has 3 aromatic carbocycles. The molecule has 1 aromatic heterocycles. The van der Waals surface area contributed by atoms with Crippen molar-refractivity contribution in [1.29, 1.82) is 0 Å². The van der Waals surface area contributed by atoms with Gasteiger partial charge in [-0.15, -0.1) is 0 Å². The minimum atomic E-state index is -0.250. The zero-order valence-electron chi connectivity index (χ0n) is 25.4. The van der Waals surface area contributed by atoms with Crippen LogP contribution in [0.5, 0.6) is 28.9 Å². The number of aliphatic hydroxyl groups is 1. The second kappa shape index (κ2) is 16.5. The van der Waals surface area contributed by atoms with Crippen molar-refractivity contribution in [1.82, 2.24) is 10.3 Å². The number of nitrogens with zero attached hydrogens (tertiary/aromatic N) is 1. The van der Waals surface area contributed by atoms with Gasteiger partial charge in [-0.05, 0) is 65.9 Å². The molecule has 0 amide bonds. The molecule has 0 saturated heterocycles. The largest absolute Gasteiger partial charge is 0.488 e. The van der Waals surface area contributed by atoms with Crippen molar-refractivity contribution in [3.8, 4) is 40.0 Å². The molecule has 10 nitrogen and oxygen atoms in total. The normalized spacial score (nSPS) is 12.4. The molecule has 0 bridgehead atoms. The molecular formula is C34H37ClN2O8. The monoisotopic (exact) mass is 636 g/mol. The van der Waals surface area contributed by atoms with Crippen molar-refractivity contribution < 1.29 is 38.7 Å². The third-order valence-corrected chi connectivity index (χ3v) is 7.41. The van der Waals surface area contributed by atoms with Crippen LogP contribution in [0.4, 0.5) is 0 Å². The van der Waals surface area contributed by atoms with Crippen LogP contribution < -0.4 is 29.0 Å². The van der Waals surface area contributed by atoms with E-state index in [0.29, 0.717) is 55.4 Å². The van der Waals surface area contributed by atoms with Crippen LogP contribution in [0.2, 0.25) is 5.02 Å². The topological polar surface area (TPSA) is 129 Å². The van der Waals surface area contributed by atoms with Gasteiger partial charge >= 0.3 is 0 Å². The van der Waals surface area contributed by atoms with Crippen molar-refractivity contribution in [2.24, 2.45) is 0 Å².